The number of nitrogens with one attached hydrogen (secondary N) is 1. The molecule has 0 spiro atoms. The van der Waals surface area contributed by atoms with Crippen molar-refractivity contribution >= 4 is 28.7 Å². The summed E-state index contributed by atoms with van der Waals surface area (Å²) in [7, 11) is 0. The Kier molecular flexibility index (Phi) is 5.61. The number of carbonyl (C=O) groups is 1. The molecule has 2 aromatic rings. The molecule has 7 heteroatoms. The minimum absolute atomic E-state index is 0.114. The van der Waals surface area contributed by atoms with Gasteiger partial charge in [-0.1, -0.05) is 43.7 Å². The van der Waals surface area contributed by atoms with Gasteiger partial charge in [-0.15, -0.1) is 0 Å². The largest absolute Gasteiger partial charge is 0.352 e. The van der Waals surface area contributed by atoms with Crippen LogP contribution in [0.4, 0.5) is 8.78 Å². The lowest BCUT2D eigenvalue weighted by Gasteiger charge is -2.30. The summed E-state index contributed by atoms with van der Waals surface area (Å²) >= 11 is 1.08. The van der Waals surface area contributed by atoms with Gasteiger partial charge in [0.25, 0.3) is 0 Å². The molecule has 1 fully saturated rings. The molecule has 25 heavy (non-hydrogen) atoms. The summed E-state index contributed by atoms with van der Waals surface area (Å²) in [6, 6.07) is 6.97. The van der Waals surface area contributed by atoms with Gasteiger partial charge in [0.05, 0.1) is 16.3 Å². The number of hydrogen-bond acceptors (Lipinski definition) is 3. The van der Waals surface area contributed by atoms with Crippen molar-refractivity contribution in [3.63, 3.8) is 0 Å². The van der Waals surface area contributed by atoms with Crippen LogP contribution >= 0.6 is 11.8 Å². The third-order valence-corrected chi connectivity index (χ3v) is 5.92. The van der Waals surface area contributed by atoms with E-state index in [1.54, 1.807) is 31.2 Å². The lowest BCUT2D eigenvalue weighted by atomic mass is 9.86. The van der Waals surface area contributed by atoms with Crippen LogP contribution in [0.5, 0.6) is 0 Å². The lowest BCUT2D eigenvalue weighted by molar-refractivity contribution is -0.121. The Bertz CT molecular complexity index is 749. The molecule has 1 saturated carbocycles. The molecular weight excluding hydrogens is 344 g/mol. The van der Waals surface area contributed by atoms with Crippen LogP contribution in [0.3, 0.4) is 0 Å². The summed E-state index contributed by atoms with van der Waals surface area (Å²) in [5, 5.41) is 2.78. The third kappa shape index (κ3) is 3.97. The number of halogens is 2. The number of aromatic nitrogens is 2. The Hall–Kier alpha value is -1.63. The summed E-state index contributed by atoms with van der Waals surface area (Å²) in [6.45, 7) is 1.20. The molecule has 1 aliphatic carbocycles. The molecule has 1 N–H and O–H groups in total. The number of fused-ring (bicyclic) bond motifs is 1. The van der Waals surface area contributed by atoms with Crippen LogP contribution in [0.1, 0.15) is 46.1 Å². The van der Waals surface area contributed by atoms with E-state index in [1.165, 1.54) is 6.42 Å². The van der Waals surface area contributed by atoms with Crippen molar-refractivity contribution in [2.24, 2.45) is 5.92 Å². The predicted molar refractivity (Wildman–Crippen MR) is 95.9 cm³/mol. The fraction of sp³-hybridized carbons (Fsp3) is 0.556. The average molecular weight is 367 g/mol. The summed E-state index contributed by atoms with van der Waals surface area (Å²) in [5.41, 5.74) is 0.896. The number of imidazole rings is 1. The van der Waals surface area contributed by atoms with Gasteiger partial charge in [-0.3, -0.25) is 9.36 Å². The minimum atomic E-state index is -2.69. The van der Waals surface area contributed by atoms with Crippen molar-refractivity contribution in [3.05, 3.63) is 24.3 Å². The number of thioether (sulfide) groups is 1. The van der Waals surface area contributed by atoms with E-state index in [0.29, 0.717) is 17.0 Å². The van der Waals surface area contributed by atoms with Crippen LogP contribution < -0.4 is 5.32 Å². The van der Waals surface area contributed by atoms with Gasteiger partial charge < -0.3 is 5.32 Å². The topological polar surface area (TPSA) is 46.9 Å². The Labute approximate surface area is 150 Å². The average Bonchev–Trinajstić information content (AvgIpc) is 2.94. The lowest BCUT2D eigenvalue weighted by Crippen LogP contribution is -2.44. The molecule has 1 aromatic carbocycles. The highest BCUT2D eigenvalue weighted by Gasteiger charge is 2.27. The number of hydrogen-bond donors (Lipinski definition) is 1. The zero-order valence-corrected chi connectivity index (χ0v) is 15.2. The van der Waals surface area contributed by atoms with E-state index in [2.05, 4.69) is 17.2 Å². The number of alkyl halides is 2. The van der Waals surface area contributed by atoms with Gasteiger partial charge in [0.2, 0.25) is 5.91 Å². The quantitative estimate of drug-likeness (QED) is 0.785. The number of amides is 1. The molecule has 136 valence electrons. The van der Waals surface area contributed by atoms with E-state index in [9.17, 15) is 13.6 Å². The monoisotopic (exact) mass is 367 g/mol. The molecule has 4 nitrogen and oxygen atoms in total. The molecule has 0 saturated heterocycles. The standard InChI is InChI=1S/C18H23F2N3OS/c1-11-7-3-4-8-13(11)21-16(24)12(2)25-18-22-14-9-5-6-10-15(14)23(18)17(19)20/h5-6,9-13,17H,3-4,7-8H2,1-2H3,(H,21,24). The Morgan fingerprint density at radius 3 is 2.76 bits per heavy atom. The summed E-state index contributed by atoms with van der Waals surface area (Å²) < 4.78 is 27.8. The highest BCUT2D eigenvalue weighted by molar-refractivity contribution is 8.00. The van der Waals surface area contributed by atoms with Gasteiger partial charge in [0.1, 0.15) is 0 Å². The molecule has 1 amide bonds. The van der Waals surface area contributed by atoms with E-state index in [4.69, 9.17) is 0 Å². The van der Waals surface area contributed by atoms with Crippen molar-refractivity contribution < 1.29 is 13.6 Å². The van der Waals surface area contributed by atoms with Crippen molar-refractivity contribution in [3.8, 4) is 0 Å². The fourth-order valence-corrected chi connectivity index (χ4v) is 4.27. The summed E-state index contributed by atoms with van der Waals surface area (Å²) in [5.74, 6) is 0.345. The Morgan fingerprint density at radius 1 is 1.32 bits per heavy atom. The van der Waals surface area contributed by atoms with Crippen molar-refractivity contribution in [2.75, 3.05) is 0 Å². The smallest absolute Gasteiger partial charge is 0.321 e. The van der Waals surface area contributed by atoms with Crippen LogP contribution in [0.2, 0.25) is 0 Å². The number of carbonyl (C=O) groups excluding carboxylic acids is 1. The first-order valence-corrected chi connectivity index (χ1v) is 9.57. The zero-order valence-electron chi connectivity index (χ0n) is 14.4. The molecule has 1 heterocycles. The van der Waals surface area contributed by atoms with E-state index >= 15 is 0 Å². The van der Waals surface area contributed by atoms with Gasteiger partial charge in [-0.05, 0) is 37.8 Å². The molecule has 3 unspecified atom stereocenters. The maximum Gasteiger partial charge on any atom is 0.321 e. The SMILES string of the molecule is CC(Sc1nc2ccccc2n1C(F)F)C(=O)NC1CCCCC1C. The second-order valence-corrected chi connectivity index (χ2v) is 7.98. The number of rotatable bonds is 5. The van der Waals surface area contributed by atoms with Crippen LogP contribution in [-0.4, -0.2) is 26.8 Å². The van der Waals surface area contributed by atoms with Crippen LogP contribution in [0, 0.1) is 5.92 Å². The Balaban J connectivity index is 1.74. The molecule has 1 aromatic heterocycles. The normalized spacial score (nSPS) is 22.3. The molecule has 3 rings (SSSR count). The number of nitrogens with zero attached hydrogens (tertiary/aromatic N) is 2. The number of para-hydroxylation sites is 2. The Morgan fingerprint density at radius 2 is 2.04 bits per heavy atom. The molecular formula is C18H23F2N3OS. The maximum atomic E-state index is 13.5. The van der Waals surface area contributed by atoms with Crippen molar-refractivity contribution in [1.29, 1.82) is 0 Å². The predicted octanol–water partition coefficient (Wildman–Crippen LogP) is 4.61. The summed E-state index contributed by atoms with van der Waals surface area (Å²) in [4.78, 5) is 16.8. The van der Waals surface area contributed by atoms with E-state index in [1.807, 2.05) is 0 Å². The van der Waals surface area contributed by atoms with Gasteiger partial charge in [0.15, 0.2) is 5.16 Å². The zero-order chi connectivity index (χ0) is 18.0. The van der Waals surface area contributed by atoms with Crippen molar-refractivity contribution in [1.82, 2.24) is 14.9 Å². The van der Waals surface area contributed by atoms with Crippen LogP contribution in [0.15, 0.2) is 29.4 Å². The van der Waals surface area contributed by atoms with Crippen molar-refractivity contribution in [2.45, 2.75) is 62.5 Å². The first-order chi connectivity index (χ1) is 12.0. The molecule has 1 aliphatic rings. The maximum absolute atomic E-state index is 13.5. The first-order valence-electron chi connectivity index (χ1n) is 8.69. The van der Waals surface area contributed by atoms with Gasteiger partial charge >= 0.3 is 6.55 Å². The van der Waals surface area contributed by atoms with Gasteiger partial charge in [-0.2, -0.15) is 8.78 Å². The second-order valence-electron chi connectivity index (χ2n) is 6.67. The third-order valence-electron chi connectivity index (χ3n) is 4.85. The van der Waals surface area contributed by atoms with E-state index in [-0.39, 0.29) is 17.1 Å². The second kappa shape index (κ2) is 7.72. The van der Waals surface area contributed by atoms with Gasteiger partial charge in [-0.25, -0.2) is 4.98 Å². The van der Waals surface area contributed by atoms with E-state index < -0.39 is 11.8 Å². The number of benzene rings is 1. The summed E-state index contributed by atoms with van der Waals surface area (Å²) in [6.07, 6.45) is 4.43. The minimum Gasteiger partial charge on any atom is -0.352 e. The molecule has 3 atom stereocenters. The molecule has 0 bridgehead atoms. The highest BCUT2D eigenvalue weighted by Crippen LogP contribution is 2.32. The highest BCUT2D eigenvalue weighted by atomic mass is 32.2. The van der Waals surface area contributed by atoms with Crippen LogP contribution in [-0.2, 0) is 4.79 Å². The van der Waals surface area contributed by atoms with E-state index in [0.717, 1.165) is 35.6 Å². The first kappa shape index (κ1) is 18.2. The fourth-order valence-electron chi connectivity index (χ4n) is 3.34. The molecule has 0 aliphatic heterocycles. The molecule has 0 radical (unpaired) electrons. The van der Waals surface area contributed by atoms with Gasteiger partial charge in [0, 0.05) is 6.04 Å². The van der Waals surface area contributed by atoms with Crippen LogP contribution in [0.25, 0.3) is 11.0 Å².